The molecular weight excluding hydrogens is 392 g/mol. The van der Waals surface area contributed by atoms with Crippen LogP contribution in [0, 0.1) is 17.8 Å². The van der Waals surface area contributed by atoms with Crippen LogP contribution in [-0.4, -0.2) is 55.7 Å². The summed E-state index contributed by atoms with van der Waals surface area (Å²) in [4.78, 5) is 35.7. The van der Waals surface area contributed by atoms with Crippen molar-refractivity contribution in [3.8, 4) is 0 Å². The van der Waals surface area contributed by atoms with Gasteiger partial charge in [-0.15, -0.1) is 0 Å². The minimum atomic E-state index is -0.602. The number of esters is 3. The quantitative estimate of drug-likeness (QED) is 0.228. The molecule has 4 aliphatic rings. The molecule has 0 aliphatic heterocycles. The molecule has 0 N–H and O–H groups in total. The van der Waals surface area contributed by atoms with Crippen molar-refractivity contribution in [1.82, 2.24) is 0 Å². The largest absolute Gasteiger partial charge is 0.459 e. The zero-order valence-corrected chi connectivity index (χ0v) is 18.0. The van der Waals surface area contributed by atoms with Gasteiger partial charge < -0.3 is 23.7 Å². The Bertz CT molecular complexity index is 671. The molecule has 3 atom stereocenters. The molecule has 8 heteroatoms. The van der Waals surface area contributed by atoms with Gasteiger partial charge in [-0.1, -0.05) is 6.58 Å². The first kappa shape index (κ1) is 22.7. The van der Waals surface area contributed by atoms with E-state index < -0.39 is 30.8 Å². The van der Waals surface area contributed by atoms with Crippen LogP contribution in [0.5, 0.6) is 0 Å². The molecule has 0 aromatic carbocycles. The Balaban J connectivity index is 1.51. The summed E-state index contributed by atoms with van der Waals surface area (Å²) in [5, 5.41) is 0. The maximum Gasteiger partial charge on any atom is 0.344 e. The van der Waals surface area contributed by atoms with Gasteiger partial charge in [0, 0.05) is 12.2 Å². The third kappa shape index (κ3) is 5.40. The molecule has 0 aromatic heterocycles. The fraction of sp³-hybridized carbons (Fsp3) is 0.773. The Labute approximate surface area is 177 Å². The molecule has 168 valence electrons. The van der Waals surface area contributed by atoms with Crippen LogP contribution in [0.4, 0.5) is 0 Å². The first-order chi connectivity index (χ1) is 14.2. The first-order valence-electron chi connectivity index (χ1n) is 10.7. The van der Waals surface area contributed by atoms with Gasteiger partial charge in [0.1, 0.15) is 12.7 Å². The van der Waals surface area contributed by atoms with Crippen molar-refractivity contribution in [3.05, 3.63) is 12.2 Å². The maximum atomic E-state index is 12.2. The standard InChI is InChI=1S/C22H32O8/c1-5-26-14(4)29-19(24)12-28-22-8-15-6-16(9-22)20(17(7-15)10-22)30-18(23)11-27-21(25)13(2)3/h14-17,20H,2,5-12H2,1,3-4H3. The fourth-order valence-corrected chi connectivity index (χ4v) is 5.41. The average molecular weight is 424 g/mol. The molecule has 0 amide bonds. The van der Waals surface area contributed by atoms with Crippen LogP contribution in [0.15, 0.2) is 12.2 Å². The van der Waals surface area contributed by atoms with E-state index in [1.165, 1.54) is 6.92 Å². The Kier molecular flexibility index (Phi) is 7.18. The predicted molar refractivity (Wildman–Crippen MR) is 105 cm³/mol. The van der Waals surface area contributed by atoms with Gasteiger partial charge in [-0.05, 0) is 70.6 Å². The van der Waals surface area contributed by atoms with Gasteiger partial charge in [-0.3, -0.25) is 0 Å². The number of hydrogen-bond donors (Lipinski definition) is 0. The average Bonchev–Trinajstić information content (AvgIpc) is 2.67. The zero-order chi connectivity index (χ0) is 21.9. The first-order valence-corrected chi connectivity index (χ1v) is 10.7. The number of rotatable bonds is 10. The smallest absolute Gasteiger partial charge is 0.344 e. The summed E-state index contributed by atoms with van der Waals surface area (Å²) in [6.45, 7) is 8.49. The number of carbonyl (C=O) groups excluding carboxylic acids is 3. The van der Waals surface area contributed by atoms with Crippen LogP contribution in [0.2, 0.25) is 0 Å². The van der Waals surface area contributed by atoms with Gasteiger partial charge in [0.05, 0.1) is 5.60 Å². The lowest BCUT2D eigenvalue weighted by Gasteiger charge is -2.58. The molecule has 4 rings (SSSR count). The minimum absolute atomic E-state index is 0.106. The van der Waals surface area contributed by atoms with Crippen LogP contribution in [-0.2, 0) is 38.1 Å². The van der Waals surface area contributed by atoms with Crippen molar-refractivity contribution >= 4 is 17.9 Å². The Morgan fingerprint density at radius 2 is 1.73 bits per heavy atom. The highest BCUT2D eigenvalue weighted by atomic mass is 16.7. The van der Waals surface area contributed by atoms with Crippen LogP contribution < -0.4 is 0 Å². The van der Waals surface area contributed by atoms with E-state index in [1.807, 2.05) is 6.92 Å². The Morgan fingerprint density at radius 1 is 1.07 bits per heavy atom. The number of carbonyl (C=O) groups is 3. The van der Waals surface area contributed by atoms with Crippen LogP contribution in [0.25, 0.3) is 0 Å². The van der Waals surface area contributed by atoms with E-state index in [2.05, 4.69) is 6.58 Å². The SMILES string of the molecule is C=C(C)C(=O)OCC(=O)OC1C2CC3CC1CC(OCC(=O)OC(C)OCC)(C3)C2. The third-order valence-corrected chi connectivity index (χ3v) is 6.26. The molecule has 0 saturated heterocycles. The molecule has 3 unspecified atom stereocenters. The highest BCUT2D eigenvalue weighted by Gasteiger charge is 2.57. The topological polar surface area (TPSA) is 97.4 Å². The van der Waals surface area contributed by atoms with Gasteiger partial charge in [-0.2, -0.15) is 0 Å². The molecule has 4 aliphatic carbocycles. The van der Waals surface area contributed by atoms with E-state index in [0.29, 0.717) is 12.5 Å². The van der Waals surface area contributed by atoms with Gasteiger partial charge >= 0.3 is 17.9 Å². The van der Waals surface area contributed by atoms with Crippen molar-refractivity contribution < 1.29 is 38.1 Å². The lowest BCUT2D eigenvalue weighted by Crippen LogP contribution is -2.59. The molecule has 0 heterocycles. The summed E-state index contributed by atoms with van der Waals surface area (Å²) in [5.41, 5.74) is -0.120. The predicted octanol–water partition coefficient (Wildman–Crippen LogP) is 2.54. The molecule has 4 fully saturated rings. The summed E-state index contributed by atoms with van der Waals surface area (Å²) < 4.78 is 27.1. The van der Waals surface area contributed by atoms with E-state index >= 15 is 0 Å². The monoisotopic (exact) mass is 424 g/mol. The second-order valence-electron chi connectivity index (χ2n) is 8.77. The normalized spacial score (nSPS) is 32.4. The number of hydrogen-bond acceptors (Lipinski definition) is 8. The van der Waals surface area contributed by atoms with Gasteiger partial charge in [0.15, 0.2) is 12.9 Å². The summed E-state index contributed by atoms with van der Waals surface area (Å²) in [5.74, 6) is -0.683. The molecule has 4 bridgehead atoms. The lowest BCUT2D eigenvalue weighted by atomic mass is 9.53. The van der Waals surface area contributed by atoms with E-state index in [0.717, 1.165) is 32.1 Å². The van der Waals surface area contributed by atoms with E-state index in [1.54, 1.807) is 6.92 Å². The van der Waals surface area contributed by atoms with Gasteiger partial charge in [0.2, 0.25) is 0 Å². The molecule has 0 radical (unpaired) electrons. The third-order valence-electron chi connectivity index (χ3n) is 6.26. The van der Waals surface area contributed by atoms with E-state index in [4.69, 9.17) is 23.7 Å². The molecule has 4 saturated carbocycles. The maximum absolute atomic E-state index is 12.2. The minimum Gasteiger partial charge on any atom is -0.459 e. The van der Waals surface area contributed by atoms with Crippen molar-refractivity contribution in [1.29, 1.82) is 0 Å². The van der Waals surface area contributed by atoms with Crippen LogP contribution in [0.3, 0.4) is 0 Å². The Morgan fingerprint density at radius 3 is 2.33 bits per heavy atom. The van der Waals surface area contributed by atoms with Crippen LogP contribution in [0.1, 0.15) is 52.9 Å². The van der Waals surface area contributed by atoms with Crippen LogP contribution >= 0.6 is 0 Å². The highest BCUT2D eigenvalue weighted by molar-refractivity contribution is 5.88. The van der Waals surface area contributed by atoms with Crippen molar-refractivity contribution in [2.75, 3.05) is 19.8 Å². The second-order valence-corrected chi connectivity index (χ2v) is 8.77. The summed E-state index contributed by atoms with van der Waals surface area (Å²) >= 11 is 0. The van der Waals surface area contributed by atoms with E-state index in [-0.39, 0.29) is 35.7 Å². The van der Waals surface area contributed by atoms with Gasteiger partial charge in [-0.25, -0.2) is 14.4 Å². The second kappa shape index (κ2) is 9.47. The highest BCUT2D eigenvalue weighted by Crippen LogP contribution is 2.58. The van der Waals surface area contributed by atoms with Crippen molar-refractivity contribution in [2.45, 2.75) is 70.9 Å². The van der Waals surface area contributed by atoms with Gasteiger partial charge in [0.25, 0.3) is 0 Å². The summed E-state index contributed by atoms with van der Waals surface area (Å²) in [7, 11) is 0. The fourth-order valence-electron chi connectivity index (χ4n) is 5.41. The molecule has 0 aromatic rings. The molecule has 0 spiro atoms. The van der Waals surface area contributed by atoms with E-state index in [9.17, 15) is 14.4 Å². The van der Waals surface area contributed by atoms with Crippen molar-refractivity contribution in [3.63, 3.8) is 0 Å². The molecule has 8 nitrogen and oxygen atoms in total. The Hall–Kier alpha value is -1.93. The van der Waals surface area contributed by atoms with Crippen molar-refractivity contribution in [2.24, 2.45) is 17.8 Å². The molecule has 30 heavy (non-hydrogen) atoms. The molecular formula is C22H32O8. The zero-order valence-electron chi connectivity index (χ0n) is 18.0. The summed E-state index contributed by atoms with van der Waals surface area (Å²) in [6.07, 6.45) is 3.60. The lowest BCUT2D eigenvalue weighted by molar-refractivity contribution is -0.222. The number of ether oxygens (including phenoxy) is 5. The summed E-state index contributed by atoms with van der Waals surface area (Å²) in [6, 6.07) is 0.